The van der Waals surface area contributed by atoms with Crippen molar-refractivity contribution in [2.24, 2.45) is 0 Å². The first-order valence-electron chi connectivity index (χ1n) is 5.10. The zero-order valence-corrected chi connectivity index (χ0v) is 8.68. The van der Waals surface area contributed by atoms with Crippen molar-refractivity contribution < 1.29 is 0 Å². The standard InChI is InChI=1S/C11H23N/c1-4-6-8-9-11-12(3)10-7-5-2/h4H,1,5-11H2,2-3H3. The minimum atomic E-state index is 1.17. The van der Waals surface area contributed by atoms with E-state index in [4.69, 9.17) is 0 Å². The minimum Gasteiger partial charge on any atom is -0.306 e. The Balaban J connectivity index is 3.07. The second-order valence-corrected chi connectivity index (χ2v) is 3.44. The smallest absolute Gasteiger partial charge is 0.00217 e. The third kappa shape index (κ3) is 7.80. The molecule has 72 valence electrons. The van der Waals surface area contributed by atoms with Crippen LogP contribution in [0.1, 0.15) is 39.0 Å². The number of allylic oxidation sites excluding steroid dienone is 1. The molecule has 0 radical (unpaired) electrons. The van der Waals surface area contributed by atoms with Crippen molar-refractivity contribution in [3.05, 3.63) is 12.7 Å². The first kappa shape index (κ1) is 11.7. The highest BCUT2D eigenvalue weighted by Gasteiger charge is 1.95. The van der Waals surface area contributed by atoms with E-state index in [-0.39, 0.29) is 0 Å². The summed E-state index contributed by atoms with van der Waals surface area (Å²) in [5.74, 6) is 0. The summed E-state index contributed by atoms with van der Waals surface area (Å²) in [7, 11) is 2.21. The molecular weight excluding hydrogens is 146 g/mol. The molecule has 1 heteroatoms. The zero-order chi connectivity index (χ0) is 9.23. The predicted molar refractivity (Wildman–Crippen MR) is 56.5 cm³/mol. The summed E-state index contributed by atoms with van der Waals surface area (Å²) >= 11 is 0. The van der Waals surface area contributed by atoms with E-state index < -0.39 is 0 Å². The highest BCUT2D eigenvalue weighted by molar-refractivity contribution is 4.66. The van der Waals surface area contributed by atoms with Gasteiger partial charge in [-0.2, -0.15) is 0 Å². The summed E-state index contributed by atoms with van der Waals surface area (Å²) in [5, 5.41) is 0. The average Bonchev–Trinajstić information content (AvgIpc) is 2.09. The molecule has 0 aromatic rings. The lowest BCUT2D eigenvalue weighted by Gasteiger charge is -2.15. The Hall–Kier alpha value is -0.300. The molecule has 0 amide bonds. The molecule has 0 unspecified atom stereocenters. The average molecular weight is 169 g/mol. The number of unbranched alkanes of at least 4 members (excludes halogenated alkanes) is 3. The summed E-state index contributed by atoms with van der Waals surface area (Å²) < 4.78 is 0. The summed E-state index contributed by atoms with van der Waals surface area (Å²) in [5.41, 5.74) is 0. The SMILES string of the molecule is C=CCCCCN(C)CCCC. The molecule has 0 aliphatic carbocycles. The van der Waals surface area contributed by atoms with Gasteiger partial charge in [-0.15, -0.1) is 6.58 Å². The fourth-order valence-corrected chi connectivity index (χ4v) is 1.21. The Morgan fingerprint density at radius 3 is 2.42 bits per heavy atom. The number of nitrogens with zero attached hydrogens (tertiary/aromatic N) is 1. The summed E-state index contributed by atoms with van der Waals surface area (Å²) in [6.07, 6.45) is 8.41. The van der Waals surface area contributed by atoms with Gasteiger partial charge < -0.3 is 4.90 Å². The van der Waals surface area contributed by atoms with Gasteiger partial charge in [-0.3, -0.25) is 0 Å². The first-order valence-corrected chi connectivity index (χ1v) is 5.10. The quantitative estimate of drug-likeness (QED) is 0.399. The van der Waals surface area contributed by atoms with E-state index >= 15 is 0 Å². The maximum Gasteiger partial charge on any atom is -0.00217 e. The fourth-order valence-electron chi connectivity index (χ4n) is 1.21. The Kier molecular flexibility index (Phi) is 8.57. The molecule has 0 heterocycles. The molecule has 0 fully saturated rings. The summed E-state index contributed by atoms with van der Waals surface area (Å²) in [4.78, 5) is 2.42. The van der Waals surface area contributed by atoms with Crippen LogP contribution in [0.5, 0.6) is 0 Å². The molecular formula is C11H23N. The van der Waals surface area contributed by atoms with E-state index in [0.29, 0.717) is 0 Å². The Morgan fingerprint density at radius 2 is 1.83 bits per heavy atom. The highest BCUT2D eigenvalue weighted by Crippen LogP contribution is 1.99. The zero-order valence-electron chi connectivity index (χ0n) is 8.68. The van der Waals surface area contributed by atoms with Gasteiger partial charge in [0.2, 0.25) is 0 Å². The summed E-state index contributed by atoms with van der Waals surface area (Å²) in [6, 6.07) is 0. The summed E-state index contributed by atoms with van der Waals surface area (Å²) in [6.45, 7) is 8.45. The predicted octanol–water partition coefficient (Wildman–Crippen LogP) is 3.07. The fraction of sp³-hybridized carbons (Fsp3) is 0.818. The molecule has 0 spiro atoms. The van der Waals surface area contributed by atoms with Gasteiger partial charge in [0.1, 0.15) is 0 Å². The van der Waals surface area contributed by atoms with Gasteiger partial charge in [0.25, 0.3) is 0 Å². The van der Waals surface area contributed by atoms with Crippen molar-refractivity contribution in [2.75, 3.05) is 20.1 Å². The van der Waals surface area contributed by atoms with Crippen LogP contribution < -0.4 is 0 Å². The molecule has 12 heavy (non-hydrogen) atoms. The van der Waals surface area contributed by atoms with Crippen LogP contribution in [-0.2, 0) is 0 Å². The van der Waals surface area contributed by atoms with Gasteiger partial charge in [-0.25, -0.2) is 0 Å². The van der Waals surface area contributed by atoms with Crippen LogP contribution >= 0.6 is 0 Å². The largest absolute Gasteiger partial charge is 0.306 e. The first-order chi connectivity index (χ1) is 5.81. The van der Waals surface area contributed by atoms with Crippen LogP contribution in [0.25, 0.3) is 0 Å². The van der Waals surface area contributed by atoms with Crippen molar-refractivity contribution in [2.45, 2.75) is 39.0 Å². The van der Waals surface area contributed by atoms with Crippen LogP contribution in [0.2, 0.25) is 0 Å². The van der Waals surface area contributed by atoms with Gasteiger partial charge >= 0.3 is 0 Å². The third-order valence-corrected chi connectivity index (χ3v) is 2.09. The van der Waals surface area contributed by atoms with Gasteiger partial charge in [-0.1, -0.05) is 19.4 Å². The number of rotatable bonds is 8. The minimum absolute atomic E-state index is 1.17. The van der Waals surface area contributed by atoms with Crippen LogP contribution in [0.15, 0.2) is 12.7 Å². The van der Waals surface area contributed by atoms with Crippen LogP contribution in [0.4, 0.5) is 0 Å². The maximum absolute atomic E-state index is 3.71. The Labute approximate surface area is 77.5 Å². The molecule has 0 aromatic heterocycles. The lowest BCUT2D eigenvalue weighted by atomic mass is 10.2. The molecule has 0 aliphatic heterocycles. The molecule has 0 aromatic carbocycles. The van der Waals surface area contributed by atoms with Crippen molar-refractivity contribution in [3.8, 4) is 0 Å². The van der Waals surface area contributed by atoms with Crippen LogP contribution in [-0.4, -0.2) is 25.0 Å². The molecule has 0 aliphatic rings. The van der Waals surface area contributed by atoms with Gasteiger partial charge in [0.05, 0.1) is 0 Å². The van der Waals surface area contributed by atoms with Crippen LogP contribution in [0, 0.1) is 0 Å². The molecule has 1 nitrogen and oxygen atoms in total. The van der Waals surface area contributed by atoms with Crippen molar-refractivity contribution >= 4 is 0 Å². The molecule has 0 saturated heterocycles. The number of hydrogen-bond donors (Lipinski definition) is 0. The van der Waals surface area contributed by atoms with E-state index in [2.05, 4.69) is 25.5 Å². The van der Waals surface area contributed by atoms with Gasteiger partial charge in [-0.05, 0) is 45.8 Å². The Morgan fingerprint density at radius 1 is 1.17 bits per heavy atom. The van der Waals surface area contributed by atoms with Gasteiger partial charge in [0.15, 0.2) is 0 Å². The monoisotopic (exact) mass is 169 g/mol. The Bertz CT molecular complexity index is 99.2. The van der Waals surface area contributed by atoms with Crippen molar-refractivity contribution in [1.29, 1.82) is 0 Å². The third-order valence-electron chi connectivity index (χ3n) is 2.09. The topological polar surface area (TPSA) is 3.24 Å². The van der Waals surface area contributed by atoms with Crippen molar-refractivity contribution in [3.63, 3.8) is 0 Å². The molecule has 0 N–H and O–H groups in total. The highest BCUT2D eigenvalue weighted by atomic mass is 15.1. The van der Waals surface area contributed by atoms with E-state index in [1.807, 2.05) is 6.08 Å². The van der Waals surface area contributed by atoms with Crippen molar-refractivity contribution in [1.82, 2.24) is 4.90 Å². The van der Waals surface area contributed by atoms with E-state index in [0.717, 1.165) is 0 Å². The van der Waals surface area contributed by atoms with E-state index in [1.54, 1.807) is 0 Å². The van der Waals surface area contributed by atoms with E-state index in [1.165, 1.54) is 45.2 Å². The molecule has 0 bridgehead atoms. The normalized spacial score (nSPS) is 10.6. The van der Waals surface area contributed by atoms with E-state index in [9.17, 15) is 0 Å². The maximum atomic E-state index is 3.71. The molecule has 0 atom stereocenters. The number of hydrogen-bond acceptors (Lipinski definition) is 1. The molecule has 0 rings (SSSR count). The van der Waals surface area contributed by atoms with Crippen LogP contribution in [0.3, 0.4) is 0 Å². The second kappa shape index (κ2) is 8.79. The van der Waals surface area contributed by atoms with Gasteiger partial charge in [0, 0.05) is 0 Å². The molecule has 0 saturated carbocycles. The lowest BCUT2D eigenvalue weighted by Crippen LogP contribution is -2.20. The lowest BCUT2D eigenvalue weighted by molar-refractivity contribution is 0.321. The second-order valence-electron chi connectivity index (χ2n) is 3.44.